The molecule has 1 heterocycles. The minimum absolute atomic E-state index is 0.382. The summed E-state index contributed by atoms with van der Waals surface area (Å²) in [4.78, 5) is 0.382. The quantitative estimate of drug-likeness (QED) is 0.214. The molecule has 0 aliphatic carbocycles. The molecular formula is C19H34N2OS. The van der Waals surface area contributed by atoms with Gasteiger partial charge in [-0.3, -0.25) is 0 Å². The Bertz CT molecular complexity index is 450. The summed E-state index contributed by atoms with van der Waals surface area (Å²) in [5.41, 5.74) is 0. The maximum atomic E-state index is 5.24. The van der Waals surface area contributed by atoms with Gasteiger partial charge >= 0.3 is 0 Å². The second-order valence-corrected chi connectivity index (χ2v) is 6.71. The van der Waals surface area contributed by atoms with Gasteiger partial charge < -0.3 is 4.42 Å². The molecule has 0 bridgehead atoms. The Kier molecular flexibility index (Phi) is 12.9. The van der Waals surface area contributed by atoms with E-state index >= 15 is 0 Å². The molecule has 1 N–H and O–H groups in total. The van der Waals surface area contributed by atoms with E-state index < -0.39 is 0 Å². The van der Waals surface area contributed by atoms with Crippen LogP contribution in [-0.2, 0) is 6.42 Å². The number of rotatable bonds is 15. The average Bonchev–Trinajstić information content (AvgIpc) is 2.96. The van der Waals surface area contributed by atoms with Gasteiger partial charge in [-0.1, -0.05) is 70.4 Å². The molecule has 0 aromatic carbocycles. The Labute approximate surface area is 147 Å². The number of aryl methyl sites for hydroxylation is 1. The normalized spacial score (nSPS) is 11.5. The number of hydrogen-bond acceptors (Lipinski definition) is 3. The van der Waals surface area contributed by atoms with Crippen molar-refractivity contribution in [1.29, 1.82) is 0 Å². The molecule has 0 spiro atoms. The number of unbranched alkanes of at least 4 members (excludes halogenated alkanes) is 11. The van der Waals surface area contributed by atoms with Crippen molar-refractivity contribution in [3.8, 4) is 0 Å². The largest absolute Gasteiger partial charge is 0.414 e. The summed E-state index contributed by atoms with van der Waals surface area (Å²) in [6.45, 7) is 2.27. The molecule has 4 heteroatoms. The molecule has 1 aromatic rings. The van der Waals surface area contributed by atoms with Gasteiger partial charge in [0.25, 0.3) is 4.84 Å². The Morgan fingerprint density at radius 2 is 1.43 bits per heavy atom. The third-order valence-electron chi connectivity index (χ3n) is 4.13. The first kappa shape index (κ1) is 20.1. The third kappa shape index (κ3) is 12.2. The highest BCUT2D eigenvalue weighted by Gasteiger charge is 1.98. The van der Waals surface area contributed by atoms with Crippen LogP contribution in [0.3, 0.4) is 0 Å². The van der Waals surface area contributed by atoms with Gasteiger partial charge in [0.1, 0.15) is 0 Å². The van der Waals surface area contributed by atoms with Crippen LogP contribution < -0.4 is 0 Å². The number of nitrogens with one attached hydrogen (secondary N) is 1. The van der Waals surface area contributed by atoms with Crippen LogP contribution in [-0.4, -0.2) is 10.2 Å². The highest BCUT2D eigenvalue weighted by atomic mass is 32.1. The molecule has 3 nitrogen and oxygen atoms in total. The van der Waals surface area contributed by atoms with E-state index in [2.05, 4.69) is 29.3 Å². The lowest BCUT2D eigenvalue weighted by Gasteiger charge is -1.99. The van der Waals surface area contributed by atoms with Gasteiger partial charge in [0, 0.05) is 6.42 Å². The van der Waals surface area contributed by atoms with Crippen LogP contribution in [0.4, 0.5) is 0 Å². The van der Waals surface area contributed by atoms with E-state index in [0.717, 1.165) is 18.7 Å². The van der Waals surface area contributed by atoms with Crippen molar-refractivity contribution in [3.05, 3.63) is 22.9 Å². The zero-order valence-corrected chi connectivity index (χ0v) is 15.6. The summed E-state index contributed by atoms with van der Waals surface area (Å²) in [7, 11) is 0. The molecule has 0 aliphatic heterocycles. The molecule has 0 amide bonds. The van der Waals surface area contributed by atoms with E-state index in [-0.39, 0.29) is 0 Å². The molecule has 0 aliphatic rings. The van der Waals surface area contributed by atoms with Crippen molar-refractivity contribution in [2.45, 2.75) is 96.8 Å². The standard InChI is InChI=1S/C19H34N2OS/c1-2-3-4-5-6-7-8-9-10-11-12-13-14-15-16-17-18-20-21-19(23)22-18/h9-10H,2-8,11-17H2,1H3,(H,21,23)/b10-9-. The molecule has 23 heavy (non-hydrogen) atoms. The van der Waals surface area contributed by atoms with Crippen LogP contribution in [0.25, 0.3) is 0 Å². The number of H-pyrrole nitrogens is 1. The second kappa shape index (κ2) is 14.7. The fraction of sp³-hybridized carbons (Fsp3) is 0.789. The van der Waals surface area contributed by atoms with E-state index in [1.807, 2.05) is 0 Å². The van der Waals surface area contributed by atoms with E-state index in [0.29, 0.717) is 4.84 Å². The number of hydrogen-bond donors (Lipinski definition) is 1. The topological polar surface area (TPSA) is 41.8 Å². The van der Waals surface area contributed by atoms with Crippen molar-refractivity contribution in [1.82, 2.24) is 10.2 Å². The Hall–Kier alpha value is -0.900. The molecular weight excluding hydrogens is 304 g/mol. The monoisotopic (exact) mass is 338 g/mol. The van der Waals surface area contributed by atoms with Crippen LogP contribution in [0.15, 0.2) is 16.6 Å². The third-order valence-corrected chi connectivity index (χ3v) is 4.31. The summed E-state index contributed by atoms with van der Waals surface area (Å²) >= 11 is 4.85. The van der Waals surface area contributed by atoms with Crippen molar-refractivity contribution in [2.75, 3.05) is 0 Å². The zero-order valence-electron chi connectivity index (χ0n) is 14.8. The van der Waals surface area contributed by atoms with E-state index in [1.165, 1.54) is 77.0 Å². The molecule has 0 atom stereocenters. The van der Waals surface area contributed by atoms with Crippen LogP contribution >= 0.6 is 12.2 Å². The van der Waals surface area contributed by atoms with Gasteiger partial charge in [0.05, 0.1) is 0 Å². The van der Waals surface area contributed by atoms with Gasteiger partial charge in [-0.25, -0.2) is 5.10 Å². The highest BCUT2D eigenvalue weighted by Crippen LogP contribution is 2.10. The molecule has 0 saturated heterocycles. The predicted octanol–water partition coefficient (Wildman–Crippen LogP) is 6.92. The first-order chi connectivity index (χ1) is 11.3. The average molecular weight is 339 g/mol. The molecule has 0 saturated carbocycles. The van der Waals surface area contributed by atoms with E-state index in [9.17, 15) is 0 Å². The lowest BCUT2D eigenvalue weighted by molar-refractivity contribution is 0.467. The zero-order chi connectivity index (χ0) is 16.6. The Morgan fingerprint density at radius 3 is 2.00 bits per heavy atom. The maximum Gasteiger partial charge on any atom is 0.284 e. The van der Waals surface area contributed by atoms with Gasteiger partial charge in [-0.05, 0) is 44.3 Å². The fourth-order valence-corrected chi connectivity index (χ4v) is 2.86. The lowest BCUT2D eigenvalue weighted by Crippen LogP contribution is -1.86. The lowest BCUT2D eigenvalue weighted by atomic mass is 10.1. The Morgan fingerprint density at radius 1 is 0.870 bits per heavy atom. The molecule has 0 radical (unpaired) electrons. The van der Waals surface area contributed by atoms with Crippen molar-refractivity contribution >= 4 is 12.2 Å². The predicted molar refractivity (Wildman–Crippen MR) is 100 cm³/mol. The number of allylic oxidation sites excluding steroid dienone is 2. The first-order valence-electron chi connectivity index (χ1n) is 9.52. The van der Waals surface area contributed by atoms with Crippen molar-refractivity contribution < 1.29 is 4.42 Å². The van der Waals surface area contributed by atoms with Crippen molar-refractivity contribution in [3.63, 3.8) is 0 Å². The second-order valence-electron chi connectivity index (χ2n) is 6.34. The Balaban J connectivity index is 1.78. The highest BCUT2D eigenvalue weighted by molar-refractivity contribution is 7.71. The van der Waals surface area contributed by atoms with Crippen LogP contribution in [0.2, 0.25) is 0 Å². The molecule has 0 fully saturated rings. The fourth-order valence-electron chi connectivity index (χ4n) is 2.71. The van der Waals surface area contributed by atoms with E-state index in [4.69, 9.17) is 16.6 Å². The van der Waals surface area contributed by atoms with Gasteiger partial charge in [-0.2, -0.15) is 0 Å². The van der Waals surface area contributed by atoms with Gasteiger partial charge in [-0.15, -0.1) is 5.10 Å². The van der Waals surface area contributed by atoms with Gasteiger partial charge in [0.2, 0.25) is 5.89 Å². The summed E-state index contributed by atoms with van der Waals surface area (Å²) < 4.78 is 5.24. The maximum absolute atomic E-state index is 5.24. The summed E-state index contributed by atoms with van der Waals surface area (Å²) in [6.07, 6.45) is 22.8. The van der Waals surface area contributed by atoms with Crippen LogP contribution in [0.1, 0.15) is 96.3 Å². The van der Waals surface area contributed by atoms with Crippen LogP contribution in [0.5, 0.6) is 0 Å². The summed E-state index contributed by atoms with van der Waals surface area (Å²) in [6, 6.07) is 0. The molecule has 0 unspecified atom stereocenters. The minimum atomic E-state index is 0.382. The van der Waals surface area contributed by atoms with Gasteiger partial charge in [0.15, 0.2) is 0 Å². The smallest absolute Gasteiger partial charge is 0.284 e. The van der Waals surface area contributed by atoms with Crippen LogP contribution in [0, 0.1) is 4.84 Å². The molecule has 132 valence electrons. The molecule has 1 aromatic heterocycles. The van der Waals surface area contributed by atoms with Crippen molar-refractivity contribution in [2.24, 2.45) is 0 Å². The number of aromatic amines is 1. The number of nitrogens with zero attached hydrogens (tertiary/aromatic N) is 1. The summed E-state index contributed by atoms with van der Waals surface area (Å²) in [5.74, 6) is 0.743. The minimum Gasteiger partial charge on any atom is -0.414 e. The first-order valence-corrected chi connectivity index (χ1v) is 9.93. The summed E-state index contributed by atoms with van der Waals surface area (Å²) in [5, 5.41) is 6.68. The SMILES string of the molecule is CCCCCCCC/C=C\CCCCCCCc1n[nH]c(=S)o1. The van der Waals surface area contributed by atoms with E-state index in [1.54, 1.807) is 0 Å². The number of aromatic nitrogens is 2. The molecule has 1 rings (SSSR count).